The van der Waals surface area contributed by atoms with Crippen molar-refractivity contribution in [3.63, 3.8) is 0 Å². The van der Waals surface area contributed by atoms with Crippen molar-refractivity contribution < 1.29 is 81.9 Å². The number of benzene rings is 4. The largest absolute Gasteiger partial charge is 0.273 e. The molecule has 26 nitrogen and oxygen atoms in total. The van der Waals surface area contributed by atoms with E-state index in [1.165, 1.54) is 112 Å². The van der Waals surface area contributed by atoms with E-state index in [1.807, 2.05) is 47.6 Å². The summed E-state index contributed by atoms with van der Waals surface area (Å²) in [6.07, 6.45) is 21.8. The number of hydrazone groups is 7. The summed E-state index contributed by atoms with van der Waals surface area (Å²) >= 11 is 41.9. The quantitative estimate of drug-likeness (QED) is 0.0233. The Morgan fingerprint density at radius 2 is 0.651 bits per heavy atom. The number of halogens is 19. The van der Waals surface area contributed by atoms with Crippen molar-refractivity contribution in [2.45, 2.75) is 221 Å². The van der Waals surface area contributed by atoms with Crippen molar-refractivity contribution in [2.75, 3.05) is 40.6 Å². The molecule has 3 aromatic heterocycles. The van der Waals surface area contributed by atoms with Gasteiger partial charge in [-0.25, -0.2) is 93.0 Å². The van der Waals surface area contributed by atoms with Crippen LogP contribution in [0.1, 0.15) is 247 Å². The molecule has 15 rings (SSSR count). The maximum Gasteiger partial charge on any atom is 0.256 e. The average molecular weight is 2320 g/mol. The molecule has 7 aromatic rings. The van der Waals surface area contributed by atoms with Crippen LogP contribution < -0.4 is 0 Å². The third kappa shape index (κ3) is 29.8. The Bertz CT molecular complexity index is 6030. The standard InChI is InChI=1S/C18H19ClFN3O.C16H17ClFN3O.C15H17ClF2N2O.C14H15BrClF2N3O.C14H15ClF3N3O.C14H17ClFN3O.C13H14BrFN2O/c1-18(11-19,10-12-3-4-12)17(24)23-16(5-6-22-23)13-7-14(20)9-15(8-13)21-2;1-4-16(2,10-17)15(22)21-14(5-6-20-21)11-7-12(18)9-13(8-11)19-3;1-3-15(2,9-16)14(21)20-13(4-5-19-20)10-6-11(17)8-12(18)7-10;1-2-14(8-16,12(17)18)13(22)21-11(3-4-20-21)9-5-10(15)7-19-6-9;1-2-14(8-15,12(17)18)13(22)21-11(3-4-20-21)9-5-10(16)7-19-6-9;1-3-14(2,9-15)13(20)19-12(4-5-18-19)10-6-11(16)8-17-7-10;1-9(8-14)13(18)17-12(5-6-16-17)10-3-2-4-11(15)7-10/h6-9,12,16H,3-5,10-11H2,1H3;6-9,14H,4-5,10H2,1-2H3;5-8,13H,3-4,9H2,1-2H3;2*4-7,11-12H,2-3,8H2,1H3;5-8,12H,3-4,9H2,1-2H3;2-4,6-7,9,12H,5,8H2,1H3. The number of carbonyl (C=O) groups excluding carboxylic acids is 7. The summed E-state index contributed by atoms with van der Waals surface area (Å²) in [5, 5.41) is 38.2. The molecule has 0 radical (unpaired) electrons. The van der Waals surface area contributed by atoms with Crippen molar-refractivity contribution >= 4 is 198 Å². The highest BCUT2D eigenvalue weighted by atomic mass is 79.9. The van der Waals surface area contributed by atoms with Crippen LogP contribution in [-0.4, -0.2) is 188 Å². The predicted molar refractivity (Wildman–Crippen MR) is 563 cm³/mol. The number of carbonyl (C=O) groups is 7. The van der Waals surface area contributed by atoms with Gasteiger partial charge in [0.05, 0.1) is 89.5 Å². The summed E-state index contributed by atoms with van der Waals surface area (Å²) < 4.78 is 148. The molecule has 0 bridgehead atoms. The molecular formula is C104H114Br2Cl6F11N19O7. The van der Waals surface area contributed by atoms with Crippen molar-refractivity contribution in [1.29, 1.82) is 0 Å². The number of pyridine rings is 3. The summed E-state index contributed by atoms with van der Waals surface area (Å²) in [6.45, 7) is 31.9. The van der Waals surface area contributed by atoms with Crippen LogP contribution in [-0.2, 0) is 33.6 Å². The average Bonchev–Trinajstić information content (AvgIpc) is 1.69. The Labute approximate surface area is 905 Å². The Morgan fingerprint density at radius 3 is 0.940 bits per heavy atom. The van der Waals surface area contributed by atoms with E-state index in [4.69, 9.17) is 82.7 Å². The number of amides is 7. The topological polar surface area (TPSA) is 276 Å². The first kappa shape index (κ1) is 122. The zero-order chi connectivity index (χ0) is 110. The number of nitrogens with zero attached hydrogens (tertiary/aromatic N) is 19. The molecule has 1 saturated carbocycles. The molecule has 14 unspecified atom stereocenters. The summed E-state index contributed by atoms with van der Waals surface area (Å²) in [5.41, 5.74) is -2.14. The summed E-state index contributed by atoms with van der Waals surface area (Å²) in [4.78, 5) is 107. The van der Waals surface area contributed by atoms with Crippen LogP contribution in [0.4, 0.5) is 59.7 Å². The number of rotatable bonds is 30. The normalized spacial score (nSPS) is 20.7. The van der Waals surface area contributed by atoms with Gasteiger partial charge in [-0.3, -0.25) is 48.5 Å². The lowest BCUT2D eigenvalue weighted by atomic mass is 9.85. The molecule has 7 aliphatic heterocycles. The predicted octanol–water partition coefficient (Wildman–Crippen LogP) is 26.5. The van der Waals surface area contributed by atoms with Crippen LogP contribution >= 0.6 is 101 Å². The monoisotopic (exact) mass is 2320 g/mol. The van der Waals surface area contributed by atoms with Crippen LogP contribution in [0.15, 0.2) is 174 Å². The minimum absolute atomic E-state index is 0.0464. The number of hydrogen-bond donors (Lipinski definition) is 0. The highest BCUT2D eigenvalue weighted by Crippen LogP contribution is 2.48. The van der Waals surface area contributed by atoms with Crippen molar-refractivity contribution in [3.8, 4) is 0 Å². The second-order valence-electron chi connectivity index (χ2n) is 37.6. The first-order valence-electron chi connectivity index (χ1n) is 47.8. The van der Waals surface area contributed by atoms with Crippen LogP contribution in [0.25, 0.3) is 9.69 Å². The molecule has 7 amide bonds. The van der Waals surface area contributed by atoms with Gasteiger partial charge in [0, 0.05) is 170 Å². The van der Waals surface area contributed by atoms with Gasteiger partial charge < -0.3 is 0 Å². The Morgan fingerprint density at radius 1 is 0.362 bits per heavy atom. The van der Waals surface area contributed by atoms with Gasteiger partial charge in [0.2, 0.25) is 29.5 Å². The van der Waals surface area contributed by atoms with Crippen molar-refractivity contribution in [3.05, 3.63) is 241 Å². The van der Waals surface area contributed by atoms with Crippen LogP contribution in [0.3, 0.4) is 0 Å². The highest BCUT2D eigenvalue weighted by Gasteiger charge is 2.53. The Balaban J connectivity index is 0.000000193. The molecule has 0 saturated heterocycles. The van der Waals surface area contributed by atoms with Gasteiger partial charge in [0.15, 0.2) is 11.4 Å². The molecule has 1 aliphatic carbocycles. The molecule has 0 N–H and O–H groups in total. The summed E-state index contributed by atoms with van der Waals surface area (Å²) in [5.74, 6) is -5.64. The fourth-order valence-electron chi connectivity index (χ4n) is 16.4. The second kappa shape index (κ2) is 55.5. The minimum Gasteiger partial charge on any atom is -0.273 e. The fraction of sp³-hybridized carbons (Fsp3) is 0.471. The lowest BCUT2D eigenvalue weighted by Gasteiger charge is -2.33. The summed E-state index contributed by atoms with van der Waals surface area (Å²) in [7, 11) is 0. The molecule has 1 fully saturated rings. The van der Waals surface area contributed by atoms with Crippen LogP contribution in [0.5, 0.6) is 0 Å². The molecule has 8 aliphatic rings. The second-order valence-corrected chi connectivity index (χ2v) is 40.8. The number of alkyl halides is 11. The van der Waals surface area contributed by atoms with E-state index in [9.17, 15) is 81.9 Å². The van der Waals surface area contributed by atoms with Crippen LogP contribution in [0, 0.1) is 98.2 Å². The zero-order valence-corrected chi connectivity index (χ0v) is 90.9. The molecule has 4 aromatic carbocycles. The minimum atomic E-state index is -2.91. The number of aromatic nitrogens is 3. The van der Waals surface area contributed by atoms with Crippen molar-refractivity contribution in [1.82, 2.24) is 50.0 Å². The number of hydrogen-bond acceptors (Lipinski definition) is 17. The molecule has 149 heavy (non-hydrogen) atoms. The summed E-state index contributed by atoms with van der Waals surface area (Å²) in [6, 6.07) is 19.4. The first-order chi connectivity index (χ1) is 70.9. The van der Waals surface area contributed by atoms with Crippen molar-refractivity contribution in [2.24, 2.45) is 80.0 Å². The van der Waals surface area contributed by atoms with Gasteiger partial charge >= 0.3 is 0 Å². The zero-order valence-electron chi connectivity index (χ0n) is 83.2. The Kier molecular flexibility index (Phi) is 45.3. The maximum absolute atomic E-state index is 13.8. The molecule has 0 spiro atoms. The van der Waals surface area contributed by atoms with E-state index in [0.29, 0.717) is 103 Å². The smallest absolute Gasteiger partial charge is 0.256 e. The molecular weight excluding hydrogens is 2210 g/mol. The molecule has 10 heterocycles. The first-order valence-corrected chi connectivity index (χ1v) is 52.9. The van der Waals surface area contributed by atoms with E-state index in [-0.39, 0.29) is 107 Å². The SMILES string of the molecule is CC(CBr)C(=O)N1N=CCC1c1cccc(F)c1.CCC(C)(CCl)C(=O)N1N=CCC1c1cc(F)cc(F)c1.CCC(C)(CCl)C(=O)N1N=CCC1c1cncc(F)c1.CCC(CCl)(C(=O)N1N=CCC1c1cncc(Br)c1)C(F)F.CCC(CCl)(C(=O)N1N=CCC1c1cncc(F)c1)C(F)F.[C-]#[N+]c1cc(F)cc(C2CC=NN2C(=O)C(C)(CC)CCl)c1.[C-]#[N+]c1cc(F)cc(C2CC=NN2C(=O)C(C)(CCl)CC2CC2)c1. The van der Waals surface area contributed by atoms with Gasteiger partial charge in [-0.15, -0.1) is 69.6 Å². The van der Waals surface area contributed by atoms with Gasteiger partial charge in [-0.05, 0) is 194 Å². The van der Waals surface area contributed by atoms with Gasteiger partial charge in [-0.2, -0.15) is 35.7 Å². The highest BCUT2D eigenvalue weighted by molar-refractivity contribution is 9.10. The third-order valence-electron chi connectivity index (χ3n) is 27.1. The fourth-order valence-corrected chi connectivity index (χ4v) is 19.0. The van der Waals surface area contributed by atoms with E-state index in [1.54, 1.807) is 94.0 Å². The van der Waals surface area contributed by atoms with E-state index in [0.717, 1.165) is 63.3 Å². The molecule has 45 heteroatoms. The molecule has 800 valence electrons. The van der Waals surface area contributed by atoms with E-state index < -0.39 is 128 Å². The Hall–Kier alpha value is -10.8. The van der Waals surface area contributed by atoms with Crippen LogP contribution in [0.2, 0.25) is 0 Å². The van der Waals surface area contributed by atoms with E-state index in [2.05, 4.69) is 92.2 Å². The third-order valence-corrected chi connectivity index (χ3v) is 31.8. The van der Waals surface area contributed by atoms with Gasteiger partial charge in [0.25, 0.3) is 24.7 Å². The molecule has 14 atom stereocenters. The van der Waals surface area contributed by atoms with E-state index >= 15 is 0 Å². The lowest BCUT2D eigenvalue weighted by molar-refractivity contribution is -0.153. The lowest BCUT2D eigenvalue weighted by Crippen LogP contribution is -2.47. The van der Waals surface area contributed by atoms with Gasteiger partial charge in [-0.1, -0.05) is 94.6 Å². The maximum atomic E-state index is 13.8. The van der Waals surface area contributed by atoms with Gasteiger partial charge in [0.1, 0.15) is 51.6 Å².